The fourth-order valence-electron chi connectivity index (χ4n) is 5.08. The van der Waals surface area contributed by atoms with Crippen LogP contribution in [0.5, 0.6) is 0 Å². The summed E-state index contributed by atoms with van der Waals surface area (Å²) < 4.78 is 2.19. The van der Waals surface area contributed by atoms with Crippen LogP contribution in [0.2, 0.25) is 0 Å². The van der Waals surface area contributed by atoms with Crippen molar-refractivity contribution in [3.8, 4) is 5.69 Å². The van der Waals surface area contributed by atoms with Crippen LogP contribution in [0.15, 0.2) is 35.5 Å². The first kappa shape index (κ1) is 22.0. The number of thiophene rings is 1. The van der Waals surface area contributed by atoms with E-state index in [9.17, 15) is 0 Å². The van der Waals surface area contributed by atoms with Gasteiger partial charge in [0.1, 0.15) is 16.5 Å². The van der Waals surface area contributed by atoms with Gasteiger partial charge in [0.15, 0.2) is 11.0 Å². The van der Waals surface area contributed by atoms with Crippen molar-refractivity contribution in [1.82, 2.24) is 29.6 Å². The molecule has 4 aromatic rings. The van der Waals surface area contributed by atoms with Gasteiger partial charge in [-0.15, -0.1) is 21.5 Å². The van der Waals surface area contributed by atoms with Gasteiger partial charge in [0, 0.05) is 10.6 Å². The summed E-state index contributed by atoms with van der Waals surface area (Å²) in [5.41, 5.74) is 8.90. The molecular formula is C25H29N7S2. The van der Waals surface area contributed by atoms with Crippen molar-refractivity contribution in [3.63, 3.8) is 0 Å². The Kier molecular flexibility index (Phi) is 6.24. The Hall–Kier alpha value is -2.49. The molecule has 0 spiro atoms. The Labute approximate surface area is 207 Å². The third-order valence-electron chi connectivity index (χ3n) is 6.75. The summed E-state index contributed by atoms with van der Waals surface area (Å²) in [5.74, 6) is 2.97. The number of hydrogen-bond acceptors (Lipinski definition) is 8. The highest BCUT2D eigenvalue weighted by atomic mass is 32.2. The second kappa shape index (κ2) is 9.64. The van der Waals surface area contributed by atoms with Crippen molar-refractivity contribution in [1.29, 1.82) is 0 Å². The third-order valence-corrected chi connectivity index (χ3v) is 8.86. The average molecular weight is 492 g/mol. The normalized spacial score (nSPS) is 16.7. The zero-order valence-corrected chi connectivity index (χ0v) is 20.9. The van der Waals surface area contributed by atoms with E-state index in [0.29, 0.717) is 11.6 Å². The molecule has 1 aromatic carbocycles. The van der Waals surface area contributed by atoms with Crippen molar-refractivity contribution < 1.29 is 0 Å². The first-order valence-electron chi connectivity index (χ1n) is 12.2. The number of benzene rings is 1. The van der Waals surface area contributed by atoms with Gasteiger partial charge in [0.2, 0.25) is 0 Å². The van der Waals surface area contributed by atoms with E-state index < -0.39 is 0 Å². The van der Waals surface area contributed by atoms with E-state index in [1.165, 1.54) is 42.5 Å². The average Bonchev–Trinajstić information content (AvgIpc) is 3.45. The lowest BCUT2D eigenvalue weighted by atomic mass is 9.97. The molecule has 2 aliphatic rings. The summed E-state index contributed by atoms with van der Waals surface area (Å²) in [6, 6.07) is 10.4. The minimum atomic E-state index is 0.609. The van der Waals surface area contributed by atoms with E-state index in [1.807, 2.05) is 6.07 Å². The predicted molar refractivity (Wildman–Crippen MR) is 139 cm³/mol. The molecule has 0 atom stereocenters. The summed E-state index contributed by atoms with van der Waals surface area (Å²) >= 11 is 3.42. The molecule has 1 saturated heterocycles. The molecule has 0 bridgehead atoms. The van der Waals surface area contributed by atoms with E-state index in [0.717, 1.165) is 65.2 Å². The van der Waals surface area contributed by atoms with Gasteiger partial charge < -0.3 is 5.73 Å². The summed E-state index contributed by atoms with van der Waals surface area (Å²) in [7, 11) is 0. The molecule has 4 heterocycles. The molecule has 0 saturated carbocycles. The van der Waals surface area contributed by atoms with Gasteiger partial charge in [-0.05, 0) is 69.3 Å². The Morgan fingerprint density at radius 3 is 2.62 bits per heavy atom. The molecule has 7 nitrogen and oxygen atoms in total. The van der Waals surface area contributed by atoms with Crippen LogP contribution in [0, 0.1) is 0 Å². The minimum absolute atomic E-state index is 0.609. The van der Waals surface area contributed by atoms with Gasteiger partial charge >= 0.3 is 0 Å². The monoisotopic (exact) mass is 491 g/mol. The topological polar surface area (TPSA) is 85.7 Å². The van der Waals surface area contributed by atoms with E-state index in [-0.39, 0.29) is 0 Å². The van der Waals surface area contributed by atoms with Crippen LogP contribution in [0.25, 0.3) is 15.9 Å². The van der Waals surface area contributed by atoms with Crippen molar-refractivity contribution in [2.24, 2.45) is 0 Å². The molecule has 1 fully saturated rings. The standard InChI is InChI=1S/C25H29N7S2/c26-23-22-18-11-5-6-12-19(18)34-24(22)28-20(27-23)16-33-25-30-29-21(15-31-13-7-2-8-14-31)32(25)17-9-3-1-4-10-17/h1,3-4,9-10H,2,5-8,11-16H2,(H2,26,27,28). The Balaban J connectivity index is 1.28. The molecule has 176 valence electrons. The molecule has 6 rings (SSSR count). The summed E-state index contributed by atoms with van der Waals surface area (Å²) in [6.45, 7) is 3.07. The van der Waals surface area contributed by atoms with Crippen molar-refractivity contribution in [3.05, 3.63) is 52.4 Å². The number of likely N-dealkylation sites (tertiary alicyclic amines) is 1. The van der Waals surface area contributed by atoms with Crippen LogP contribution in [0.1, 0.15) is 54.2 Å². The van der Waals surface area contributed by atoms with E-state index in [4.69, 9.17) is 10.7 Å². The van der Waals surface area contributed by atoms with Crippen molar-refractivity contribution in [2.75, 3.05) is 18.8 Å². The number of rotatable bonds is 6. The number of nitrogens with two attached hydrogens (primary N) is 1. The highest BCUT2D eigenvalue weighted by Gasteiger charge is 2.22. The maximum atomic E-state index is 6.43. The van der Waals surface area contributed by atoms with Crippen LogP contribution >= 0.6 is 23.1 Å². The number of piperidine rings is 1. The van der Waals surface area contributed by atoms with E-state index in [1.54, 1.807) is 23.1 Å². The SMILES string of the molecule is Nc1nc(CSc2nnc(CN3CCCCC3)n2-c2ccccc2)nc2sc3c(c12)CCCC3. The fourth-order valence-corrected chi connectivity index (χ4v) is 7.19. The maximum absolute atomic E-state index is 6.43. The zero-order valence-electron chi connectivity index (χ0n) is 19.2. The molecule has 3 aromatic heterocycles. The molecule has 0 radical (unpaired) electrons. The van der Waals surface area contributed by atoms with Crippen molar-refractivity contribution in [2.45, 2.75) is 62.4 Å². The lowest BCUT2D eigenvalue weighted by molar-refractivity contribution is 0.214. The maximum Gasteiger partial charge on any atom is 0.196 e. The zero-order chi connectivity index (χ0) is 22.9. The summed E-state index contributed by atoms with van der Waals surface area (Å²) in [6.07, 6.45) is 8.55. The number of aryl methyl sites for hydroxylation is 2. The molecule has 1 aliphatic heterocycles. The van der Waals surface area contributed by atoms with E-state index in [2.05, 4.69) is 48.9 Å². The number of nitrogens with zero attached hydrogens (tertiary/aromatic N) is 6. The highest BCUT2D eigenvalue weighted by molar-refractivity contribution is 7.98. The van der Waals surface area contributed by atoms with Crippen LogP contribution in [-0.2, 0) is 25.1 Å². The van der Waals surface area contributed by atoms with Crippen molar-refractivity contribution >= 4 is 39.1 Å². The first-order valence-corrected chi connectivity index (χ1v) is 14.0. The molecule has 1 aliphatic carbocycles. The summed E-state index contributed by atoms with van der Waals surface area (Å²) in [5, 5.41) is 11.1. The number of aromatic nitrogens is 5. The van der Waals surface area contributed by atoms with Gasteiger partial charge in [0.05, 0.1) is 17.7 Å². The van der Waals surface area contributed by atoms with Gasteiger partial charge in [0.25, 0.3) is 0 Å². The quantitative estimate of drug-likeness (QED) is 0.379. The number of hydrogen-bond donors (Lipinski definition) is 1. The highest BCUT2D eigenvalue weighted by Crippen LogP contribution is 2.38. The Bertz CT molecular complexity index is 1290. The number of para-hydroxylation sites is 1. The smallest absolute Gasteiger partial charge is 0.196 e. The minimum Gasteiger partial charge on any atom is -0.383 e. The molecule has 0 amide bonds. The number of anilines is 1. The number of nitrogen functional groups attached to an aromatic ring is 1. The van der Waals surface area contributed by atoms with Gasteiger partial charge in [-0.25, -0.2) is 9.97 Å². The van der Waals surface area contributed by atoms with Gasteiger partial charge in [-0.3, -0.25) is 9.47 Å². The second-order valence-corrected chi connectivity index (χ2v) is 11.1. The molecular weight excluding hydrogens is 462 g/mol. The second-order valence-electron chi connectivity index (χ2n) is 9.11. The van der Waals surface area contributed by atoms with Gasteiger partial charge in [-0.1, -0.05) is 36.4 Å². The Morgan fingerprint density at radius 2 is 1.76 bits per heavy atom. The molecule has 34 heavy (non-hydrogen) atoms. The lowest BCUT2D eigenvalue weighted by Crippen LogP contribution is -2.30. The molecule has 2 N–H and O–H groups in total. The molecule has 9 heteroatoms. The summed E-state index contributed by atoms with van der Waals surface area (Å²) in [4.78, 5) is 14.5. The number of fused-ring (bicyclic) bond motifs is 3. The van der Waals surface area contributed by atoms with Crippen LogP contribution in [-0.4, -0.2) is 42.7 Å². The Morgan fingerprint density at radius 1 is 0.941 bits per heavy atom. The van der Waals surface area contributed by atoms with E-state index >= 15 is 0 Å². The van der Waals surface area contributed by atoms with Crippen LogP contribution in [0.3, 0.4) is 0 Å². The lowest BCUT2D eigenvalue weighted by Gasteiger charge is -2.26. The van der Waals surface area contributed by atoms with Crippen LogP contribution < -0.4 is 5.73 Å². The molecule has 0 unspecified atom stereocenters. The largest absolute Gasteiger partial charge is 0.383 e. The van der Waals surface area contributed by atoms with Crippen LogP contribution in [0.4, 0.5) is 5.82 Å². The van der Waals surface area contributed by atoms with Gasteiger partial charge in [-0.2, -0.15) is 0 Å². The first-order chi connectivity index (χ1) is 16.8. The predicted octanol–water partition coefficient (Wildman–Crippen LogP) is 5.01. The number of thioether (sulfide) groups is 1. The fraction of sp³-hybridized carbons (Fsp3) is 0.440. The third kappa shape index (κ3) is 4.32.